The molecule has 3 N–H and O–H groups in total. The van der Waals surface area contributed by atoms with Gasteiger partial charge < -0.3 is 20.3 Å². The number of H-pyrrole nitrogens is 1. The molecule has 0 amide bonds. The maximum Gasteiger partial charge on any atom is 0.152 e. The van der Waals surface area contributed by atoms with Crippen molar-refractivity contribution in [2.45, 2.75) is 26.2 Å². The van der Waals surface area contributed by atoms with Crippen molar-refractivity contribution in [2.24, 2.45) is 5.92 Å². The lowest BCUT2D eigenvalue weighted by molar-refractivity contribution is -0.118. The molecular formula is C21H25N5O2. The van der Waals surface area contributed by atoms with Crippen LogP contribution in [0.1, 0.15) is 24.8 Å². The van der Waals surface area contributed by atoms with Crippen molar-refractivity contribution >= 4 is 28.3 Å². The Kier molecular flexibility index (Phi) is 5.14. The predicted molar refractivity (Wildman–Crippen MR) is 110 cm³/mol. The zero-order valence-electron chi connectivity index (χ0n) is 16.0. The molecule has 1 saturated heterocycles. The number of Topliss-reactive ketones (excluding diaryl/α,β-unsaturated/α-hetero) is 1. The molecule has 2 aromatic heterocycles. The van der Waals surface area contributed by atoms with Gasteiger partial charge in [-0.25, -0.2) is 9.97 Å². The number of aromatic hydroxyl groups is 1. The number of phenolic OH excluding ortho intramolecular Hbond substituents is 1. The summed E-state index contributed by atoms with van der Waals surface area (Å²) < 4.78 is 0. The number of hydrogen-bond acceptors (Lipinski definition) is 6. The molecular weight excluding hydrogens is 354 g/mol. The second-order valence-corrected chi connectivity index (χ2v) is 7.44. The number of fused-ring (bicyclic) bond motifs is 1. The van der Waals surface area contributed by atoms with Crippen LogP contribution < -0.4 is 10.2 Å². The van der Waals surface area contributed by atoms with Gasteiger partial charge in [-0.05, 0) is 43.9 Å². The molecule has 7 nitrogen and oxygen atoms in total. The summed E-state index contributed by atoms with van der Waals surface area (Å²) >= 11 is 0. The molecule has 0 radical (unpaired) electrons. The highest BCUT2D eigenvalue weighted by Crippen LogP contribution is 2.28. The van der Waals surface area contributed by atoms with Crippen LogP contribution in [0, 0.1) is 12.8 Å². The summed E-state index contributed by atoms with van der Waals surface area (Å²) in [6.45, 7) is 3.89. The van der Waals surface area contributed by atoms with E-state index in [0.29, 0.717) is 12.3 Å². The van der Waals surface area contributed by atoms with Gasteiger partial charge in [0.1, 0.15) is 23.5 Å². The molecule has 0 aliphatic carbocycles. The van der Waals surface area contributed by atoms with Crippen LogP contribution in [0.25, 0.3) is 11.0 Å². The smallest absolute Gasteiger partial charge is 0.152 e. The molecule has 28 heavy (non-hydrogen) atoms. The fourth-order valence-corrected chi connectivity index (χ4v) is 3.94. The molecule has 3 aromatic rings. The third kappa shape index (κ3) is 3.78. The fourth-order valence-electron chi connectivity index (χ4n) is 3.94. The number of anilines is 2. The van der Waals surface area contributed by atoms with Crippen LogP contribution in [0.15, 0.2) is 36.8 Å². The number of carbonyl (C=O) groups is 1. The number of hydrogen-bond donors (Lipinski definition) is 3. The molecule has 1 atom stereocenters. The first-order valence-corrected chi connectivity index (χ1v) is 9.69. The van der Waals surface area contributed by atoms with Gasteiger partial charge in [0.2, 0.25) is 0 Å². The monoisotopic (exact) mass is 379 g/mol. The van der Waals surface area contributed by atoms with Gasteiger partial charge in [-0.15, -0.1) is 0 Å². The van der Waals surface area contributed by atoms with Crippen LogP contribution in [0.2, 0.25) is 0 Å². The molecule has 3 heterocycles. The van der Waals surface area contributed by atoms with Crippen molar-refractivity contribution in [1.29, 1.82) is 0 Å². The van der Waals surface area contributed by atoms with E-state index >= 15 is 0 Å². The second kappa shape index (κ2) is 7.88. The molecule has 1 fully saturated rings. The molecule has 0 unspecified atom stereocenters. The summed E-state index contributed by atoms with van der Waals surface area (Å²) in [6, 6.07) is 7.30. The molecule has 1 aromatic carbocycles. The minimum Gasteiger partial charge on any atom is -0.508 e. The first kappa shape index (κ1) is 18.3. The van der Waals surface area contributed by atoms with Crippen LogP contribution in [0.3, 0.4) is 0 Å². The Morgan fingerprint density at radius 3 is 3.14 bits per heavy atom. The highest BCUT2D eigenvalue weighted by Gasteiger charge is 2.24. The van der Waals surface area contributed by atoms with E-state index in [0.717, 1.165) is 54.0 Å². The number of aromatic nitrogens is 3. The average molecular weight is 379 g/mol. The Morgan fingerprint density at radius 2 is 2.25 bits per heavy atom. The highest BCUT2D eigenvalue weighted by molar-refractivity contribution is 5.87. The minimum atomic E-state index is 0.184. The van der Waals surface area contributed by atoms with Crippen LogP contribution in [-0.2, 0) is 4.79 Å². The number of ketones is 1. The Morgan fingerprint density at radius 1 is 1.36 bits per heavy atom. The third-order valence-corrected chi connectivity index (χ3v) is 5.45. The normalized spacial score (nSPS) is 17.0. The number of rotatable bonds is 6. The lowest BCUT2D eigenvalue weighted by Gasteiger charge is -2.33. The summed E-state index contributed by atoms with van der Waals surface area (Å²) in [6.07, 6.45) is 6.11. The maximum atomic E-state index is 12.5. The van der Waals surface area contributed by atoms with E-state index < -0.39 is 0 Å². The van der Waals surface area contributed by atoms with Crippen LogP contribution >= 0.6 is 0 Å². The lowest BCUT2D eigenvalue weighted by Crippen LogP contribution is -2.37. The zero-order chi connectivity index (χ0) is 19.5. The molecule has 7 heteroatoms. The average Bonchev–Trinajstić information content (AvgIpc) is 3.18. The summed E-state index contributed by atoms with van der Waals surface area (Å²) in [7, 11) is 0. The van der Waals surface area contributed by atoms with Crippen LogP contribution in [0.4, 0.5) is 11.5 Å². The highest BCUT2D eigenvalue weighted by atomic mass is 16.3. The van der Waals surface area contributed by atoms with Gasteiger partial charge >= 0.3 is 0 Å². The molecule has 0 saturated carbocycles. The zero-order valence-corrected chi connectivity index (χ0v) is 16.0. The number of nitrogens with one attached hydrogen (secondary N) is 2. The van der Waals surface area contributed by atoms with Crippen molar-refractivity contribution in [2.75, 3.05) is 29.9 Å². The minimum absolute atomic E-state index is 0.184. The van der Waals surface area contributed by atoms with E-state index in [2.05, 4.69) is 25.2 Å². The lowest BCUT2D eigenvalue weighted by atomic mass is 9.92. The number of benzene rings is 1. The molecule has 4 rings (SSSR count). The Hall–Kier alpha value is -3.09. The van der Waals surface area contributed by atoms with Gasteiger partial charge in [0.25, 0.3) is 0 Å². The molecule has 146 valence electrons. The summed E-state index contributed by atoms with van der Waals surface area (Å²) in [4.78, 5) is 26.7. The van der Waals surface area contributed by atoms with Crippen LogP contribution in [0.5, 0.6) is 5.75 Å². The number of carbonyl (C=O) groups excluding carboxylic acids is 1. The quantitative estimate of drug-likeness (QED) is 0.609. The molecule has 0 bridgehead atoms. The summed E-state index contributed by atoms with van der Waals surface area (Å²) in [5.41, 5.74) is 2.40. The van der Waals surface area contributed by atoms with Crippen LogP contribution in [-0.4, -0.2) is 45.5 Å². The SMILES string of the molecule is Cc1c(O)cccc1NCC(=O)C[C@@H]1CCCN(c2ncnc3[nH]ccc23)C1. The molecule has 0 spiro atoms. The van der Waals surface area contributed by atoms with Gasteiger partial charge in [-0.2, -0.15) is 0 Å². The summed E-state index contributed by atoms with van der Waals surface area (Å²) in [5, 5.41) is 14.0. The predicted octanol–water partition coefficient (Wildman–Crippen LogP) is 3.26. The van der Waals surface area contributed by atoms with E-state index in [1.807, 2.05) is 25.3 Å². The topological polar surface area (TPSA) is 94.1 Å². The van der Waals surface area contributed by atoms with Crippen molar-refractivity contribution in [3.05, 3.63) is 42.4 Å². The van der Waals surface area contributed by atoms with Gasteiger partial charge in [0.15, 0.2) is 5.78 Å². The first-order chi connectivity index (χ1) is 13.6. The summed E-state index contributed by atoms with van der Waals surface area (Å²) in [5.74, 6) is 1.68. The Balaban J connectivity index is 1.36. The van der Waals surface area contributed by atoms with Crippen molar-refractivity contribution < 1.29 is 9.90 Å². The maximum absolute atomic E-state index is 12.5. The van der Waals surface area contributed by atoms with E-state index in [4.69, 9.17) is 0 Å². The fraction of sp³-hybridized carbons (Fsp3) is 0.381. The van der Waals surface area contributed by atoms with Gasteiger partial charge in [0, 0.05) is 37.0 Å². The standard InChI is InChI=1S/C21H25N5O2/c1-14-18(5-2-6-19(14)28)23-11-16(27)10-15-4-3-9-26(12-15)21-17-7-8-22-20(17)24-13-25-21/h2,5-8,13,15,23,28H,3-4,9-12H2,1H3,(H,22,24,25)/t15-/m0/s1. The second-order valence-electron chi connectivity index (χ2n) is 7.44. The van der Waals surface area contributed by atoms with E-state index in [1.165, 1.54) is 0 Å². The molecule has 1 aliphatic rings. The number of piperidine rings is 1. The number of phenols is 1. The van der Waals surface area contributed by atoms with Crippen molar-refractivity contribution in [3.8, 4) is 5.75 Å². The molecule has 1 aliphatic heterocycles. The number of aromatic amines is 1. The Bertz CT molecular complexity index is 984. The van der Waals surface area contributed by atoms with E-state index in [1.54, 1.807) is 18.5 Å². The van der Waals surface area contributed by atoms with Crippen molar-refractivity contribution in [3.63, 3.8) is 0 Å². The third-order valence-electron chi connectivity index (χ3n) is 5.45. The van der Waals surface area contributed by atoms with E-state index in [9.17, 15) is 9.90 Å². The van der Waals surface area contributed by atoms with Gasteiger partial charge in [-0.3, -0.25) is 4.79 Å². The largest absolute Gasteiger partial charge is 0.508 e. The number of nitrogens with zero attached hydrogens (tertiary/aromatic N) is 3. The van der Waals surface area contributed by atoms with Gasteiger partial charge in [-0.1, -0.05) is 6.07 Å². The van der Waals surface area contributed by atoms with Gasteiger partial charge in [0.05, 0.1) is 11.9 Å². The van der Waals surface area contributed by atoms with E-state index in [-0.39, 0.29) is 18.1 Å². The first-order valence-electron chi connectivity index (χ1n) is 9.69. The Labute approximate surface area is 163 Å². The van der Waals surface area contributed by atoms with Crippen molar-refractivity contribution in [1.82, 2.24) is 15.0 Å².